The van der Waals surface area contributed by atoms with E-state index in [2.05, 4.69) is 51.3 Å². The maximum Gasteiger partial charge on any atom is 0.0480 e. The van der Waals surface area contributed by atoms with Gasteiger partial charge in [-0.1, -0.05) is 18.2 Å². The molecule has 3 heteroatoms. The predicted octanol–water partition coefficient (Wildman–Crippen LogP) is 1.55. The molecule has 90 valence electrons. The number of piperazine rings is 1. The molecule has 1 N–H and O–H groups in total. The van der Waals surface area contributed by atoms with Crippen molar-refractivity contribution in [1.29, 1.82) is 0 Å². The van der Waals surface area contributed by atoms with E-state index in [9.17, 15) is 0 Å². The first-order valence-electron chi connectivity index (χ1n) is 6.40. The Morgan fingerprint density at radius 2 is 1.82 bits per heavy atom. The minimum Gasteiger partial charge on any atom is -0.346 e. The fourth-order valence-corrected chi connectivity index (χ4v) is 2.52. The number of aromatic nitrogens is 1. The average Bonchev–Trinajstić information content (AvgIpc) is 2.81. The molecule has 0 radical (unpaired) electrons. The Balaban J connectivity index is 1.68. The van der Waals surface area contributed by atoms with Gasteiger partial charge in [-0.3, -0.25) is 4.90 Å². The quantitative estimate of drug-likeness (QED) is 0.861. The fourth-order valence-electron chi connectivity index (χ4n) is 2.52. The molecule has 1 fully saturated rings. The largest absolute Gasteiger partial charge is 0.346 e. The van der Waals surface area contributed by atoms with Gasteiger partial charge in [0.1, 0.15) is 0 Å². The van der Waals surface area contributed by atoms with Crippen LogP contribution >= 0.6 is 0 Å². The molecule has 17 heavy (non-hydrogen) atoms. The summed E-state index contributed by atoms with van der Waals surface area (Å²) < 4.78 is 2.36. The highest BCUT2D eigenvalue weighted by atomic mass is 15.2. The summed E-state index contributed by atoms with van der Waals surface area (Å²) in [5, 5.41) is 4.73. The van der Waals surface area contributed by atoms with E-state index >= 15 is 0 Å². The van der Waals surface area contributed by atoms with Crippen molar-refractivity contribution in [1.82, 2.24) is 14.8 Å². The topological polar surface area (TPSA) is 20.2 Å². The van der Waals surface area contributed by atoms with Gasteiger partial charge in [0.05, 0.1) is 0 Å². The third-order valence-corrected chi connectivity index (χ3v) is 3.55. The third-order valence-electron chi connectivity index (χ3n) is 3.55. The Labute approximate surface area is 102 Å². The number of nitrogens with one attached hydrogen (secondary N) is 1. The average molecular weight is 229 g/mol. The van der Waals surface area contributed by atoms with Crippen molar-refractivity contribution in [3.8, 4) is 0 Å². The highest BCUT2D eigenvalue weighted by Crippen LogP contribution is 2.14. The Hall–Kier alpha value is -1.32. The molecule has 0 amide bonds. The van der Waals surface area contributed by atoms with E-state index in [1.165, 1.54) is 24.0 Å². The van der Waals surface area contributed by atoms with Gasteiger partial charge in [-0.15, -0.1) is 0 Å². The molecular formula is C14H19N3. The van der Waals surface area contributed by atoms with Crippen LogP contribution in [0.15, 0.2) is 36.5 Å². The Kier molecular flexibility index (Phi) is 3.12. The summed E-state index contributed by atoms with van der Waals surface area (Å²) in [6.45, 7) is 6.87. The molecule has 2 aromatic rings. The highest BCUT2D eigenvalue weighted by Gasteiger charge is 2.09. The van der Waals surface area contributed by atoms with Gasteiger partial charge in [0, 0.05) is 51.0 Å². The van der Waals surface area contributed by atoms with E-state index < -0.39 is 0 Å². The van der Waals surface area contributed by atoms with Gasteiger partial charge in [0.15, 0.2) is 0 Å². The molecule has 3 nitrogen and oxygen atoms in total. The van der Waals surface area contributed by atoms with E-state index in [-0.39, 0.29) is 0 Å². The van der Waals surface area contributed by atoms with Gasteiger partial charge in [-0.25, -0.2) is 0 Å². The number of fused-ring (bicyclic) bond motifs is 1. The molecule has 2 heterocycles. The van der Waals surface area contributed by atoms with Crippen molar-refractivity contribution in [2.45, 2.75) is 6.54 Å². The zero-order valence-electron chi connectivity index (χ0n) is 10.1. The lowest BCUT2D eigenvalue weighted by Gasteiger charge is -2.27. The van der Waals surface area contributed by atoms with Crippen LogP contribution < -0.4 is 5.32 Å². The lowest BCUT2D eigenvalue weighted by atomic mass is 10.2. The molecule has 1 saturated heterocycles. The van der Waals surface area contributed by atoms with Crippen molar-refractivity contribution < 1.29 is 0 Å². The summed E-state index contributed by atoms with van der Waals surface area (Å²) in [5.41, 5.74) is 1.35. The van der Waals surface area contributed by atoms with Gasteiger partial charge in [0.2, 0.25) is 0 Å². The summed E-state index contributed by atoms with van der Waals surface area (Å²) in [6.07, 6.45) is 2.20. The monoisotopic (exact) mass is 229 g/mol. The number of hydrogen-bond donors (Lipinski definition) is 1. The lowest BCUT2D eigenvalue weighted by Crippen LogP contribution is -2.44. The summed E-state index contributed by atoms with van der Waals surface area (Å²) in [6, 6.07) is 10.8. The first-order valence-corrected chi connectivity index (χ1v) is 6.40. The van der Waals surface area contributed by atoms with Gasteiger partial charge in [0.25, 0.3) is 0 Å². The maximum atomic E-state index is 3.39. The molecule has 0 spiro atoms. The molecule has 1 aromatic heterocycles. The molecule has 1 aliphatic heterocycles. The molecule has 3 rings (SSSR count). The van der Waals surface area contributed by atoms with Gasteiger partial charge < -0.3 is 9.88 Å². The molecule has 0 unspecified atom stereocenters. The van der Waals surface area contributed by atoms with Crippen LogP contribution in [-0.4, -0.2) is 42.2 Å². The molecule has 1 aliphatic rings. The predicted molar refractivity (Wildman–Crippen MR) is 71.2 cm³/mol. The van der Waals surface area contributed by atoms with Crippen molar-refractivity contribution in [3.63, 3.8) is 0 Å². The maximum absolute atomic E-state index is 3.39. The Morgan fingerprint density at radius 1 is 1.00 bits per heavy atom. The molecule has 0 atom stereocenters. The van der Waals surface area contributed by atoms with Crippen LogP contribution in [-0.2, 0) is 6.54 Å². The van der Waals surface area contributed by atoms with Crippen LogP contribution in [0.4, 0.5) is 0 Å². The van der Waals surface area contributed by atoms with E-state index in [0.29, 0.717) is 0 Å². The molecule has 0 bridgehead atoms. The van der Waals surface area contributed by atoms with E-state index in [1.54, 1.807) is 0 Å². The van der Waals surface area contributed by atoms with Crippen molar-refractivity contribution in [2.75, 3.05) is 32.7 Å². The van der Waals surface area contributed by atoms with Gasteiger partial charge >= 0.3 is 0 Å². The summed E-state index contributed by atoms with van der Waals surface area (Å²) >= 11 is 0. The summed E-state index contributed by atoms with van der Waals surface area (Å²) in [5.74, 6) is 0. The first-order chi connectivity index (χ1) is 8.43. The van der Waals surface area contributed by atoms with E-state index in [4.69, 9.17) is 0 Å². The van der Waals surface area contributed by atoms with Crippen LogP contribution in [0.3, 0.4) is 0 Å². The fraction of sp³-hybridized carbons (Fsp3) is 0.429. The number of benzene rings is 1. The van der Waals surface area contributed by atoms with Crippen LogP contribution in [0.25, 0.3) is 10.9 Å². The smallest absolute Gasteiger partial charge is 0.0480 e. The van der Waals surface area contributed by atoms with Crippen LogP contribution in [0.5, 0.6) is 0 Å². The van der Waals surface area contributed by atoms with E-state index in [1.807, 2.05) is 0 Å². The Bertz CT molecular complexity index is 483. The van der Waals surface area contributed by atoms with E-state index in [0.717, 1.165) is 26.2 Å². The zero-order valence-corrected chi connectivity index (χ0v) is 10.1. The summed E-state index contributed by atoms with van der Waals surface area (Å²) in [7, 11) is 0. The zero-order chi connectivity index (χ0) is 11.5. The SMILES string of the molecule is c1ccc2c(c1)ccn2CCN1CCNCC1. The number of nitrogens with zero attached hydrogens (tertiary/aromatic N) is 2. The molecule has 1 aromatic carbocycles. The Morgan fingerprint density at radius 3 is 2.71 bits per heavy atom. The van der Waals surface area contributed by atoms with Crippen molar-refractivity contribution in [2.24, 2.45) is 0 Å². The number of para-hydroxylation sites is 1. The molecular weight excluding hydrogens is 210 g/mol. The standard InChI is InChI=1S/C14H19N3/c1-2-4-14-13(3-1)5-8-17(14)12-11-16-9-6-15-7-10-16/h1-5,8,15H,6-7,9-12H2. The van der Waals surface area contributed by atoms with Crippen molar-refractivity contribution in [3.05, 3.63) is 36.5 Å². The minimum atomic E-state index is 1.09. The second kappa shape index (κ2) is 4.90. The number of hydrogen-bond acceptors (Lipinski definition) is 2. The second-order valence-corrected chi connectivity index (χ2v) is 4.66. The lowest BCUT2D eigenvalue weighted by molar-refractivity contribution is 0.233. The second-order valence-electron chi connectivity index (χ2n) is 4.66. The molecule has 0 aliphatic carbocycles. The first kappa shape index (κ1) is 10.8. The number of rotatable bonds is 3. The van der Waals surface area contributed by atoms with Crippen LogP contribution in [0, 0.1) is 0 Å². The third kappa shape index (κ3) is 2.35. The van der Waals surface area contributed by atoms with Crippen LogP contribution in [0.1, 0.15) is 0 Å². The normalized spacial score (nSPS) is 17.6. The molecule has 0 saturated carbocycles. The van der Waals surface area contributed by atoms with Gasteiger partial charge in [-0.2, -0.15) is 0 Å². The van der Waals surface area contributed by atoms with Gasteiger partial charge in [-0.05, 0) is 17.5 Å². The highest BCUT2D eigenvalue weighted by molar-refractivity contribution is 5.79. The van der Waals surface area contributed by atoms with Crippen LogP contribution in [0.2, 0.25) is 0 Å². The minimum absolute atomic E-state index is 1.09. The van der Waals surface area contributed by atoms with Crippen molar-refractivity contribution >= 4 is 10.9 Å². The summed E-state index contributed by atoms with van der Waals surface area (Å²) in [4.78, 5) is 2.53.